The molecule has 48 heavy (non-hydrogen) atoms. The van der Waals surface area contributed by atoms with Crippen molar-refractivity contribution in [3.63, 3.8) is 0 Å². The fourth-order valence-corrected chi connectivity index (χ4v) is 7.58. The molecule has 12 heteroatoms. The maximum Gasteiger partial charge on any atom is 0.308 e. The smallest absolute Gasteiger partial charge is 0.308 e. The number of nitrogens with one attached hydrogen (secondary N) is 1. The number of benzene rings is 2. The molecule has 10 nitrogen and oxygen atoms in total. The average molecular weight is 683 g/mol. The standard InChI is InChI=1S/C36H44ClFN4O6/c1-4-47-35(45)23-11-13-25(14-12-23)48-36(41-15-7-8-16-41,42-20-26(21-42)46-3)33(43)18-24-17-29(37)31(19-30(24)38)39-34(44)28-22-40(2)32-10-6-5-9-27(28)32/h5-6,9-10,17,19,22-23,25-26H,4,7-8,11-16,18,20-21H2,1-3H3,(H,39,44). The Labute approximate surface area is 285 Å². The molecule has 0 radical (unpaired) electrons. The number of nitrogens with zero attached hydrogens (tertiary/aromatic N) is 3. The largest absolute Gasteiger partial charge is 0.466 e. The van der Waals surface area contributed by atoms with Crippen LogP contribution in [0.5, 0.6) is 0 Å². The Hall–Kier alpha value is -3.35. The minimum atomic E-state index is -1.41. The van der Waals surface area contributed by atoms with E-state index in [9.17, 15) is 14.4 Å². The normalized spacial score (nSPS) is 21.9. The van der Waals surface area contributed by atoms with E-state index in [0.29, 0.717) is 64.0 Å². The zero-order valence-electron chi connectivity index (χ0n) is 27.8. The Morgan fingerprint density at radius 3 is 2.42 bits per heavy atom. The number of ketones is 1. The Morgan fingerprint density at radius 1 is 1.02 bits per heavy atom. The number of Topliss-reactive ketones (excluding diaryl/α,β-unsaturated/α-hetero) is 1. The number of aromatic nitrogens is 1. The number of hydrogen-bond donors (Lipinski definition) is 1. The highest BCUT2D eigenvalue weighted by atomic mass is 35.5. The molecule has 3 heterocycles. The van der Waals surface area contributed by atoms with E-state index in [-0.39, 0.29) is 52.6 Å². The molecule has 1 saturated carbocycles. The number of rotatable bonds is 12. The molecule has 3 fully saturated rings. The minimum Gasteiger partial charge on any atom is -0.466 e. The minimum absolute atomic E-state index is 0.0428. The van der Waals surface area contributed by atoms with Crippen LogP contribution in [-0.2, 0) is 37.3 Å². The third kappa shape index (κ3) is 6.76. The van der Waals surface area contributed by atoms with Gasteiger partial charge in [0.05, 0.1) is 41.0 Å². The van der Waals surface area contributed by atoms with Crippen LogP contribution >= 0.6 is 11.6 Å². The number of fused-ring (bicyclic) bond motifs is 1. The lowest BCUT2D eigenvalue weighted by Crippen LogP contribution is -2.74. The van der Waals surface area contributed by atoms with Gasteiger partial charge in [0.1, 0.15) is 5.82 Å². The zero-order valence-corrected chi connectivity index (χ0v) is 28.6. The summed E-state index contributed by atoms with van der Waals surface area (Å²) in [6.07, 6.45) is 5.45. The second kappa shape index (κ2) is 14.6. The van der Waals surface area contributed by atoms with Crippen molar-refractivity contribution >= 4 is 45.9 Å². The fraction of sp³-hybridized carbons (Fsp3) is 0.528. The van der Waals surface area contributed by atoms with Crippen LogP contribution in [0.15, 0.2) is 42.6 Å². The van der Waals surface area contributed by atoms with E-state index in [1.807, 2.05) is 40.8 Å². The molecule has 258 valence electrons. The first-order valence-corrected chi connectivity index (χ1v) is 17.3. The molecular formula is C36H44ClFN4O6. The maximum atomic E-state index is 15.8. The van der Waals surface area contributed by atoms with Crippen molar-refractivity contribution in [2.45, 2.75) is 69.9 Å². The van der Waals surface area contributed by atoms with Gasteiger partial charge in [-0.05, 0) is 69.2 Å². The molecule has 2 aliphatic heterocycles. The first-order valence-electron chi connectivity index (χ1n) is 16.9. The highest BCUT2D eigenvalue weighted by Crippen LogP contribution is 2.39. The van der Waals surface area contributed by atoms with E-state index in [0.717, 1.165) is 23.7 Å². The Morgan fingerprint density at radius 2 is 1.73 bits per heavy atom. The predicted octanol–water partition coefficient (Wildman–Crippen LogP) is 5.55. The molecule has 1 aliphatic carbocycles. The van der Waals surface area contributed by atoms with Crippen LogP contribution in [0.4, 0.5) is 10.1 Å². The zero-order chi connectivity index (χ0) is 34.0. The van der Waals surface area contributed by atoms with Gasteiger partial charge in [0.25, 0.3) is 5.91 Å². The molecule has 6 rings (SSSR count). The van der Waals surface area contributed by atoms with Gasteiger partial charge in [-0.3, -0.25) is 24.2 Å². The van der Waals surface area contributed by atoms with Crippen LogP contribution in [0.2, 0.25) is 5.02 Å². The number of para-hydroxylation sites is 1. The number of aryl methyl sites for hydroxylation is 1. The highest BCUT2D eigenvalue weighted by Gasteiger charge is 2.56. The number of carbonyl (C=O) groups excluding carboxylic acids is 3. The van der Waals surface area contributed by atoms with Crippen LogP contribution in [0, 0.1) is 11.7 Å². The lowest BCUT2D eigenvalue weighted by Gasteiger charge is -2.55. The third-order valence-electron chi connectivity index (χ3n) is 10.0. The Kier molecular flexibility index (Phi) is 10.5. The topological polar surface area (TPSA) is 102 Å². The van der Waals surface area contributed by atoms with Crippen molar-refractivity contribution in [3.05, 3.63) is 64.6 Å². The first kappa shape index (κ1) is 34.5. The van der Waals surface area contributed by atoms with E-state index in [4.69, 9.17) is 25.8 Å². The molecular weight excluding hydrogens is 639 g/mol. The van der Waals surface area contributed by atoms with Crippen molar-refractivity contribution in [3.8, 4) is 0 Å². The van der Waals surface area contributed by atoms with Crippen LogP contribution in [0.3, 0.4) is 0 Å². The van der Waals surface area contributed by atoms with Gasteiger partial charge >= 0.3 is 5.97 Å². The van der Waals surface area contributed by atoms with Gasteiger partial charge in [0.15, 0.2) is 5.78 Å². The fourth-order valence-electron chi connectivity index (χ4n) is 7.35. The van der Waals surface area contributed by atoms with Crippen molar-refractivity contribution in [1.82, 2.24) is 14.4 Å². The number of esters is 1. The molecule has 2 aromatic carbocycles. The number of carbonyl (C=O) groups is 3. The van der Waals surface area contributed by atoms with Crippen molar-refractivity contribution < 1.29 is 33.0 Å². The second-order valence-electron chi connectivity index (χ2n) is 13.1. The lowest BCUT2D eigenvalue weighted by atomic mass is 9.87. The van der Waals surface area contributed by atoms with Gasteiger partial charge in [-0.25, -0.2) is 4.39 Å². The summed E-state index contributed by atoms with van der Waals surface area (Å²) in [4.78, 5) is 44.4. The third-order valence-corrected chi connectivity index (χ3v) is 10.3. The molecule has 0 spiro atoms. The summed E-state index contributed by atoms with van der Waals surface area (Å²) in [7, 11) is 3.50. The lowest BCUT2D eigenvalue weighted by molar-refractivity contribution is -0.282. The number of halogens is 2. The van der Waals surface area contributed by atoms with Gasteiger partial charge in [-0.1, -0.05) is 29.8 Å². The van der Waals surface area contributed by atoms with Crippen molar-refractivity contribution in [1.29, 1.82) is 0 Å². The predicted molar refractivity (Wildman–Crippen MR) is 180 cm³/mol. The number of likely N-dealkylation sites (tertiary alicyclic amines) is 2. The second-order valence-corrected chi connectivity index (χ2v) is 13.5. The van der Waals surface area contributed by atoms with Crippen LogP contribution in [0.1, 0.15) is 61.4 Å². The monoisotopic (exact) mass is 682 g/mol. The number of anilines is 1. The van der Waals surface area contributed by atoms with E-state index >= 15 is 4.39 Å². The molecule has 2 saturated heterocycles. The first-order chi connectivity index (χ1) is 23.1. The van der Waals surface area contributed by atoms with Gasteiger partial charge in [-0.2, -0.15) is 0 Å². The Balaban J connectivity index is 1.24. The molecule has 1 amide bonds. The SMILES string of the molecule is CCOC(=O)C1CCC(OC(C(=O)Cc2cc(Cl)c(NC(=O)c3cn(C)c4ccccc34)cc2F)(N2CCCC2)N2CC(OC)C2)CC1. The molecule has 1 aromatic heterocycles. The van der Waals surface area contributed by atoms with Gasteiger partial charge in [0, 0.05) is 63.9 Å². The van der Waals surface area contributed by atoms with Gasteiger partial charge in [0.2, 0.25) is 5.85 Å². The van der Waals surface area contributed by atoms with Gasteiger partial charge in [-0.15, -0.1) is 0 Å². The molecule has 1 N–H and O–H groups in total. The van der Waals surface area contributed by atoms with Crippen LogP contribution < -0.4 is 5.32 Å². The number of methoxy groups -OCH3 is 1. The van der Waals surface area contributed by atoms with Crippen LogP contribution in [-0.4, -0.2) is 90.0 Å². The van der Waals surface area contributed by atoms with E-state index < -0.39 is 17.6 Å². The van der Waals surface area contributed by atoms with Crippen molar-refractivity contribution in [2.75, 3.05) is 45.2 Å². The summed E-state index contributed by atoms with van der Waals surface area (Å²) >= 11 is 6.63. The molecule has 1 unspecified atom stereocenters. The summed E-state index contributed by atoms with van der Waals surface area (Å²) in [6.45, 7) is 4.48. The average Bonchev–Trinajstić information content (AvgIpc) is 3.72. The quantitative estimate of drug-likeness (QED) is 0.248. The summed E-state index contributed by atoms with van der Waals surface area (Å²) in [5.41, 5.74) is 1.57. The summed E-state index contributed by atoms with van der Waals surface area (Å²) in [5.74, 6) is -3.13. The summed E-state index contributed by atoms with van der Waals surface area (Å²) in [6, 6.07) is 10.1. The van der Waals surface area contributed by atoms with Crippen molar-refractivity contribution in [2.24, 2.45) is 13.0 Å². The molecule has 1 atom stereocenters. The molecule has 0 bridgehead atoms. The van der Waals surface area contributed by atoms with E-state index in [2.05, 4.69) is 10.2 Å². The maximum absolute atomic E-state index is 15.8. The Bertz CT molecular complexity index is 1660. The molecule has 3 aliphatic rings. The summed E-state index contributed by atoms with van der Waals surface area (Å²) in [5, 5.41) is 3.65. The number of hydrogen-bond acceptors (Lipinski definition) is 8. The van der Waals surface area contributed by atoms with E-state index in [1.54, 1.807) is 20.2 Å². The van der Waals surface area contributed by atoms with Crippen LogP contribution in [0.25, 0.3) is 10.9 Å². The van der Waals surface area contributed by atoms with Gasteiger partial charge < -0.3 is 24.1 Å². The van der Waals surface area contributed by atoms with E-state index in [1.165, 1.54) is 12.1 Å². The number of amides is 1. The highest BCUT2D eigenvalue weighted by molar-refractivity contribution is 6.34. The number of ether oxygens (including phenoxy) is 3. The summed E-state index contributed by atoms with van der Waals surface area (Å²) < 4.78 is 35.4. The molecule has 3 aromatic rings.